The molecule has 0 N–H and O–H groups in total. The Balaban J connectivity index is -0.0000000304. The second-order valence-electron chi connectivity index (χ2n) is 6.68. The Labute approximate surface area is 401 Å². The summed E-state index contributed by atoms with van der Waals surface area (Å²) in [7, 11) is 4.50. The summed E-state index contributed by atoms with van der Waals surface area (Å²) in [5.74, 6) is 0. The first-order valence-electron chi connectivity index (χ1n) is 25.7. The van der Waals surface area contributed by atoms with Crippen molar-refractivity contribution in [2.45, 2.75) is 228 Å². The van der Waals surface area contributed by atoms with Gasteiger partial charge in [-0.2, -0.15) is 0 Å². The molecule has 0 spiro atoms. The SMILES string of the molecule is CC.CC.CC.CC.CC.CC.CC.CC.CC.CC.CC.CC.CC.CC.CC.Cc1ccccc1.Cc1ccccc1.[B]C.c1ccc2ccccc2c1.c1ccncc1. The molecule has 5 rings (SSSR count). The van der Waals surface area contributed by atoms with Gasteiger partial charge in [0.1, 0.15) is 0 Å². The fourth-order valence-corrected chi connectivity index (χ4v) is 2.51. The largest absolute Gasteiger partial charge is 0.265 e. The number of pyridine rings is 1. The highest BCUT2D eigenvalue weighted by atomic mass is 14.6. The molecule has 0 bridgehead atoms. The molecule has 0 saturated carbocycles. The van der Waals surface area contributed by atoms with E-state index in [2.05, 4.69) is 99.5 Å². The Bertz CT molecular complexity index is 921. The van der Waals surface area contributed by atoms with E-state index >= 15 is 0 Å². The second-order valence-corrected chi connectivity index (χ2v) is 6.68. The van der Waals surface area contributed by atoms with E-state index in [1.165, 1.54) is 28.7 Å². The van der Waals surface area contributed by atoms with Crippen molar-refractivity contribution in [3.05, 3.63) is 151 Å². The van der Waals surface area contributed by atoms with Crippen LogP contribution in [0.2, 0.25) is 6.82 Å². The highest BCUT2D eigenvalue weighted by molar-refractivity contribution is 6.05. The molecule has 0 atom stereocenters. The lowest BCUT2D eigenvalue weighted by molar-refractivity contribution is 1.33. The summed E-state index contributed by atoms with van der Waals surface area (Å²) in [6, 6.07) is 43.0. The number of hydrogen-bond acceptors (Lipinski definition) is 1. The first-order valence-corrected chi connectivity index (χ1v) is 25.7. The van der Waals surface area contributed by atoms with Gasteiger partial charge in [0.05, 0.1) is 7.85 Å². The predicted octanol–water partition coefficient (Wildman–Crippen LogP) is 23.5. The lowest BCUT2D eigenvalue weighted by Gasteiger charge is -1.92. The van der Waals surface area contributed by atoms with Crippen molar-refractivity contribution in [3.63, 3.8) is 0 Å². The number of aryl methyl sites for hydroxylation is 2. The molecule has 4 aromatic carbocycles. The molecule has 0 unspecified atom stereocenters. The molecule has 0 aliphatic heterocycles. The Kier molecular flexibility index (Phi) is 287. The van der Waals surface area contributed by atoms with Gasteiger partial charge in [0.2, 0.25) is 0 Å². The minimum atomic E-state index is 1.31. The molecule has 0 aliphatic rings. The molecular formula is C60H122BN. The number of benzene rings is 4. The Morgan fingerprint density at radius 2 is 0.371 bits per heavy atom. The molecule has 0 aliphatic carbocycles. The maximum Gasteiger partial charge on any atom is 0.0606 e. The number of fused-ring (bicyclic) bond motifs is 1. The molecule has 370 valence electrons. The average Bonchev–Trinajstić information content (AvgIpc) is 3.45. The third-order valence-electron chi connectivity index (χ3n) is 4.11. The van der Waals surface area contributed by atoms with Crippen LogP contribution in [0.4, 0.5) is 0 Å². The normalized spacial score (nSPS) is 5.89. The summed E-state index contributed by atoms with van der Waals surface area (Å²) >= 11 is 0. The van der Waals surface area contributed by atoms with Crippen LogP contribution in [0.25, 0.3) is 10.8 Å². The van der Waals surface area contributed by atoms with E-state index in [9.17, 15) is 0 Å². The molecule has 0 amide bonds. The van der Waals surface area contributed by atoms with Gasteiger partial charge in [-0.25, -0.2) is 0 Å². The van der Waals surface area contributed by atoms with Crippen LogP contribution < -0.4 is 0 Å². The van der Waals surface area contributed by atoms with Gasteiger partial charge in [-0.3, -0.25) is 4.98 Å². The fraction of sp³-hybridized carbons (Fsp3) is 0.550. The molecular weight excluding hydrogens is 745 g/mol. The predicted molar refractivity (Wildman–Crippen MR) is 312 cm³/mol. The second kappa shape index (κ2) is 174. The minimum Gasteiger partial charge on any atom is -0.265 e. The summed E-state index contributed by atoms with van der Waals surface area (Å²) in [6.07, 6.45) is 3.50. The smallest absolute Gasteiger partial charge is 0.0606 e. The van der Waals surface area contributed by atoms with Gasteiger partial charge in [0, 0.05) is 12.4 Å². The molecule has 0 fully saturated rings. The first-order chi connectivity index (χ1) is 30.8. The zero-order chi connectivity index (χ0) is 53.3. The van der Waals surface area contributed by atoms with Gasteiger partial charge >= 0.3 is 0 Å². The van der Waals surface area contributed by atoms with Crippen LogP contribution in [0.5, 0.6) is 0 Å². The molecule has 1 heterocycles. The van der Waals surface area contributed by atoms with Crippen molar-refractivity contribution in [2.75, 3.05) is 0 Å². The molecule has 1 aromatic heterocycles. The van der Waals surface area contributed by atoms with Crippen LogP contribution >= 0.6 is 0 Å². The highest BCUT2D eigenvalue weighted by Crippen LogP contribution is 2.11. The van der Waals surface area contributed by atoms with E-state index in [0.29, 0.717) is 0 Å². The Morgan fingerprint density at radius 1 is 0.226 bits per heavy atom. The minimum absolute atomic E-state index is 1.31. The summed E-state index contributed by atoms with van der Waals surface area (Å²) in [4.78, 5) is 3.78. The van der Waals surface area contributed by atoms with Gasteiger partial charge in [-0.1, -0.05) is 341 Å². The lowest BCUT2D eigenvalue weighted by Crippen LogP contribution is -1.67. The number of rotatable bonds is 0. The number of aromatic nitrogens is 1. The number of hydrogen-bond donors (Lipinski definition) is 0. The molecule has 0 saturated heterocycles. The van der Waals surface area contributed by atoms with Gasteiger partial charge in [-0.05, 0) is 36.8 Å². The van der Waals surface area contributed by atoms with E-state index in [0.717, 1.165) is 0 Å². The van der Waals surface area contributed by atoms with Crippen molar-refractivity contribution >= 4 is 18.6 Å². The van der Waals surface area contributed by atoms with Crippen LogP contribution in [0, 0.1) is 13.8 Å². The van der Waals surface area contributed by atoms with Crippen LogP contribution in [0.3, 0.4) is 0 Å². The monoisotopic (exact) mass is 868 g/mol. The Morgan fingerprint density at radius 3 is 0.468 bits per heavy atom. The third-order valence-corrected chi connectivity index (χ3v) is 4.11. The van der Waals surface area contributed by atoms with Gasteiger partial charge < -0.3 is 0 Å². The molecule has 5 aromatic rings. The van der Waals surface area contributed by atoms with E-state index in [-0.39, 0.29) is 0 Å². The molecule has 1 nitrogen and oxygen atoms in total. The van der Waals surface area contributed by atoms with E-state index in [1.807, 2.05) is 262 Å². The lowest BCUT2D eigenvalue weighted by atomic mass is 10.1. The molecule has 2 radical (unpaired) electrons. The van der Waals surface area contributed by atoms with Crippen LogP contribution in [-0.2, 0) is 0 Å². The molecule has 2 heteroatoms. The fourth-order valence-electron chi connectivity index (χ4n) is 2.51. The third kappa shape index (κ3) is 131. The van der Waals surface area contributed by atoms with E-state index < -0.39 is 0 Å². The maximum absolute atomic E-state index is 4.50. The van der Waals surface area contributed by atoms with Crippen molar-refractivity contribution in [3.8, 4) is 0 Å². The van der Waals surface area contributed by atoms with E-state index in [1.54, 1.807) is 12.4 Å². The van der Waals surface area contributed by atoms with Crippen molar-refractivity contribution in [1.82, 2.24) is 4.98 Å². The Hall–Kier alpha value is -3.65. The summed E-state index contributed by atoms with van der Waals surface area (Å²) in [5.41, 5.74) is 2.64. The van der Waals surface area contributed by atoms with E-state index in [4.69, 9.17) is 0 Å². The van der Waals surface area contributed by atoms with Crippen LogP contribution in [0.15, 0.2) is 140 Å². The van der Waals surface area contributed by atoms with Gasteiger partial charge in [0.15, 0.2) is 0 Å². The summed E-state index contributed by atoms with van der Waals surface area (Å²) in [6.45, 7) is 65.7. The topological polar surface area (TPSA) is 12.9 Å². The molecule has 62 heavy (non-hydrogen) atoms. The highest BCUT2D eigenvalue weighted by Gasteiger charge is 1.85. The van der Waals surface area contributed by atoms with Crippen molar-refractivity contribution in [1.29, 1.82) is 0 Å². The van der Waals surface area contributed by atoms with Crippen LogP contribution in [-0.4, -0.2) is 12.8 Å². The van der Waals surface area contributed by atoms with Crippen LogP contribution in [0.1, 0.15) is 219 Å². The van der Waals surface area contributed by atoms with Gasteiger partial charge in [0.25, 0.3) is 0 Å². The number of nitrogens with zero attached hydrogens (tertiary/aromatic N) is 1. The standard InChI is InChI=1S/C10H8.2C7H8.C5H5N.15C2H6.CH3B/c1-2-6-10-8-4-3-7-9(10)5-1;2*1-7-5-3-2-4-6-7;1-2-4-6-5-3-1;16*1-2/h1-8H;2*2-6H,1H3;1-5H;15*1-2H3;1H3. The zero-order valence-electron chi connectivity index (χ0n) is 49.3. The quantitative estimate of drug-likeness (QED) is 0.141. The maximum atomic E-state index is 4.50. The first kappa shape index (κ1) is 102. The zero-order valence-corrected chi connectivity index (χ0v) is 49.3. The van der Waals surface area contributed by atoms with Gasteiger partial charge in [-0.15, -0.1) is 0 Å². The average molecular weight is 868 g/mol. The summed E-state index contributed by atoms with van der Waals surface area (Å²) in [5, 5.41) is 2.62. The van der Waals surface area contributed by atoms with Crippen molar-refractivity contribution < 1.29 is 0 Å². The van der Waals surface area contributed by atoms with Crippen molar-refractivity contribution in [2.24, 2.45) is 0 Å². The summed E-state index contributed by atoms with van der Waals surface area (Å²) < 4.78 is 0.